The van der Waals surface area contributed by atoms with Gasteiger partial charge in [-0.15, -0.1) is 0 Å². The number of aliphatic hydroxyl groups is 8. The molecular weight excluding hydrogens is 1060 g/mol. The van der Waals surface area contributed by atoms with Gasteiger partial charge in [0.2, 0.25) is 5.91 Å². The molecule has 2 rings (SSSR count). The van der Waals surface area contributed by atoms with E-state index in [-0.39, 0.29) is 18.9 Å². The largest absolute Gasteiger partial charge is 0.394 e. The summed E-state index contributed by atoms with van der Waals surface area (Å²) in [5.41, 5.74) is 0. The first-order chi connectivity index (χ1) is 41.1. The zero-order valence-corrected chi connectivity index (χ0v) is 52.9. The van der Waals surface area contributed by atoms with Gasteiger partial charge < -0.3 is 65.1 Å². The SMILES string of the molecule is CC/C=C\C/C=C\C/C=C\C/C=C\C/C=C\CCCCCCCCCCCC(=O)NC(COC1OC(CO)C(OC2OC(CO)C(O)C(O)C2O)C(O)C1O)C(O)/C=C/CCCCCCCCCCCCCCCCCCCCCCCCC. The Bertz CT molecular complexity index is 1690. The maximum absolute atomic E-state index is 13.3. The van der Waals surface area contributed by atoms with E-state index in [0.29, 0.717) is 6.42 Å². The lowest BCUT2D eigenvalue weighted by molar-refractivity contribution is -0.359. The smallest absolute Gasteiger partial charge is 0.220 e. The van der Waals surface area contributed by atoms with Crippen LogP contribution in [0.5, 0.6) is 0 Å². The predicted molar refractivity (Wildman–Crippen MR) is 341 cm³/mol. The van der Waals surface area contributed by atoms with E-state index in [1.807, 2.05) is 6.08 Å². The topological polar surface area (TPSA) is 228 Å². The average molecular weight is 1190 g/mol. The highest BCUT2D eigenvalue weighted by Crippen LogP contribution is 2.30. The summed E-state index contributed by atoms with van der Waals surface area (Å²) in [6.07, 6.45) is 56.5. The normalized spacial score (nSPS) is 24.1. The Morgan fingerprint density at radius 1 is 0.440 bits per heavy atom. The van der Waals surface area contributed by atoms with Crippen LogP contribution < -0.4 is 5.32 Å². The van der Waals surface area contributed by atoms with Crippen molar-refractivity contribution in [1.82, 2.24) is 5.32 Å². The van der Waals surface area contributed by atoms with Crippen LogP contribution in [0.1, 0.15) is 271 Å². The van der Waals surface area contributed by atoms with Crippen molar-refractivity contribution in [3.63, 3.8) is 0 Å². The monoisotopic (exact) mass is 1190 g/mol. The number of carbonyl (C=O) groups excluding carboxylic acids is 1. The Hall–Kier alpha value is -2.57. The zero-order valence-electron chi connectivity index (χ0n) is 52.9. The summed E-state index contributed by atoms with van der Waals surface area (Å²) in [5.74, 6) is -0.246. The van der Waals surface area contributed by atoms with Crippen LogP contribution in [-0.4, -0.2) is 140 Å². The van der Waals surface area contributed by atoms with Crippen LogP contribution in [-0.2, 0) is 23.7 Å². The third kappa shape index (κ3) is 38.7. The molecule has 1 amide bonds. The summed E-state index contributed by atoms with van der Waals surface area (Å²) < 4.78 is 22.8. The number of allylic oxidation sites excluding steroid dienone is 11. The number of ether oxygens (including phenoxy) is 4. The van der Waals surface area contributed by atoms with Crippen LogP contribution in [0.3, 0.4) is 0 Å². The summed E-state index contributed by atoms with van der Waals surface area (Å²) in [7, 11) is 0. The molecule has 2 aliphatic heterocycles. The van der Waals surface area contributed by atoms with Crippen LogP contribution in [0, 0.1) is 0 Å². The molecule has 488 valence electrons. The first-order valence-corrected chi connectivity index (χ1v) is 34.2. The second kappa shape index (κ2) is 54.6. The molecule has 84 heavy (non-hydrogen) atoms. The van der Waals surface area contributed by atoms with E-state index in [2.05, 4.69) is 79.9 Å². The number of amides is 1. The van der Waals surface area contributed by atoms with Crippen molar-refractivity contribution < 1.29 is 64.6 Å². The van der Waals surface area contributed by atoms with Gasteiger partial charge in [-0.25, -0.2) is 0 Å². The number of nitrogens with one attached hydrogen (secondary N) is 1. The minimum Gasteiger partial charge on any atom is -0.394 e. The second-order valence-electron chi connectivity index (χ2n) is 23.9. The van der Waals surface area contributed by atoms with Crippen LogP contribution >= 0.6 is 0 Å². The Morgan fingerprint density at radius 3 is 1.26 bits per heavy atom. The fraction of sp³-hybridized carbons (Fsp3) is 0.814. The molecule has 0 aromatic heterocycles. The quantitative estimate of drug-likeness (QED) is 0.0204. The highest BCUT2D eigenvalue weighted by atomic mass is 16.7. The molecule has 12 unspecified atom stereocenters. The van der Waals surface area contributed by atoms with Gasteiger partial charge in [-0.2, -0.15) is 0 Å². The van der Waals surface area contributed by atoms with E-state index in [4.69, 9.17) is 18.9 Å². The van der Waals surface area contributed by atoms with E-state index in [1.54, 1.807) is 6.08 Å². The van der Waals surface area contributed by atoms with Crippen molar-refractivity contribution in [2.24, 2.45) is 0 Å². The number of unbranched alkanes of at least 4 members (excludes halogenated alkanes) is 32. The third-order valence-corrected chi connectivity index (χ3v) is 16.4. The first-order valence-electron chi connectivity index (χ1n) is 34.2. The average Bonchev–Trinajstić information content (AvgIpc) is 3.18. The van der Waals surface area contributed by atoms with Crippen molar-refractivity contribution in [1.29, 1.82) is 0 Å². The van der Waals surface area contributed by atoms with Gasteiger partial charge in [0.25, 0.3) is 0 Å². The molecule has 0 bridgehead atoms. The molecule has 0 aromatic carbocycles. The Morgan fingerprint density at radius 2 is 0.821 bits per heavy atom. The van der Waals surface area contributed by atoms with Gasteiger partial charge in [0.15, 0.2) is 12.6 Å². The number of carbonyl (C=O) groups is 1. The lowest BCUT2D eigenvalue weighted by Crippen LogP contribution is -2.65. The summed E-state index contributed by atoms with van der Waals surface area (Å²) in [5, 5.41) is 87.4. The van der Waals surface area contributed by atoms with Crippen molar-refractivity contribution in [2.45, 2.75) is 344 Å². The highest BCUT2D eigenvalue weighted by molar-refractivity contribution is 5.76. The third-order valence-electron chi connectivity index (χ3n) is 16.4. The van der Waals surface area contributed by atoms with Gasteiger partial charge in [-0.05, 0) is 64.2 Å². The number of aliphatic hydroxyl groups excluding tert-OH is 8. The van der Waals surface area contributed by atoms with Crippen LogP contribution in [0.25, 0.3) is 0 Å². The van der Waals surface area contributed by atoms with Crippen molar-refractivity contribution in [2.75, 3.05) is 19.8 Å². The molecule has 0 radical (unpaired) electrons. The molecule has 0 saturated carbocycles. The molecular formula is C70H125NO13. The van der Waals surface area contributed by atoms with E-state index in [1.165, 1.54) is 167 Å². The van der Waals surface area contributed by atoms with Crippen molar-refractivity contribution >= 4 is 5.91 Å². The number of rotatable bonds is 55. The Balaban J connectivity index is 1.71. The Kier molecular flexibility index (Phi) is 50.4. The predicted octanol–water partition coefficient (Wildman–Crippen LogP) is 13.5. The second-order valence-corrected chi connectivity index (χ2v) is 23.9. The van der Waals surface area contributed by atoms with E-state index in [9.17, 15) is 45.6 Å². The van der Waals surface area contributed by atoms with Crippen molar-refractivity contribution in [3.05, 3.63) is 72.9 Å². The minimum absolute atomic E-state index is 0.246. The maximum Gasteiger partial charge on any atom is 0.220 e. The molecule has 2 saturated heterocycles. The molecule has 9 N–H and O–H groups in total. The van der Waals surface area contributed by atoms with Crippen LogP contribution in [0.2, 0.25) is 0 Å². The summed E-state index contributed by atoms with van der Waals surface area (Å²) >= 11 is 0. The molecule has 2 aliphatic rings. The van der Waals surface area contributed by atoms with Gasteiger partial charge >= 0.3 is 0 Å². The molecule has 0 aliphatic carbocycles. The lowest BCUT2D eigenvalue weighted by Gasteiger charge is -2.46. The van der Waals surface area contributed by atoms with Gasteiger partial charge in [-0.1, -0.05) is 273 Å². The van der Waals surface area contributed by atoms with Gasteiger partial charge in [0.05, 0.1) is 32.0 Å². The molecule has 12 atom stereocenters. The molecule has 0 aromatic rings. The standard InChI is InChI=1S/C70H125NO13/c1-3-5-7-9-11-13-15-17-19-21-23-25-27-29-31-33-35-37-39-41-43-45-47-49-51-53-59(74)58(57-81-69-67(80)65(78)68(61(56-73)83-69)84-70-66(79)64(77)63(76)60(55-72)82-70)71-62(75)54-52-50-48-46-44-42-40-38-36-34-32-30-28-26-24-22-20-18-16-14-12-10-8-6-4-2/h6,8,12,14,18,20,24,26,30,32,51,53,58-61,63-70,72-74,76-80H,3-5,7,9-11,13,15-17,19,21-23,25,27-29,31,33-50,52,54-57H2,1-2H3,(H,71,75)/b8-6-,14-12-,20-18-,26-24-,32-30-,53-51+. The molecule has 2 heterocycles. The molecule has 2 fully saturated rings. The lowest BCUT2D eigenvalue weighted by atomic mass is 9.97. The Labute approximate surface area is 510 Å². The highest BCUT2D eigenvalue weighted by Gasteiger charge is 2.51. The zero-order chi connectivity index (χ0) is 60.9. The molecule has 0 spiro atoms. The summed E-state index contributed by atoms with van der Waals surface area (Å²) in [6, 6.07) is -0.923. The van der Waals surface area contributed by atoms with Crippen LogP contribution in [0.15, 0.2) is 72.9 Å². The van der Waals surface area contributed by atoms with Crippen LogP contribution in [0.4, 0.5) is 0 Å². The van der Waals surface area contributed by atoms with E-state index >= 15 is 0 Å². The fourth-order valence-corrected chi connectivity index (χ4v) is 11.0. The summed E-state index contributed by atoms with van der Waals surface area (Å²) in [6.45, 7) is 2.71. The molecule has 14 heteroatoms. The van der Waals surface area contributed by atoms with Gasteiger partial charge in [-0.3, -0.25) is 4.79 Å². The maximum atomic E-state index is 13.3. The first kappa shape index (κ1) is 77.5. The van der Waals surface area contributed by atoms with E-state index in [0.717, 1.165) is 77.0 Å². The summed E-state index contributed by atoms with van der Waals surface area (Å²) in [4.78, 5) is 13.3. The number of hydrogen-bond acceptors (Lipinski definition) is 13. The van der Waals surface area contributed by atoms with Gasteiger partial charge in [0, 0.05) is 6.42 Å². The molecule has 14 nitrogen and oxygen atoms in total. The number of hydrogen-bond donors (Lipinski definition) is 9. The van der Waals surface area contributed by atoms with Gasteiger partial charge in [0.1, 0.15) is 48.8 Å². The minimum atomic E-state index is -1.79. The fourth-order valence-electron chi connectivity index (χ4n) is 11.0. The van der Waals surface area contributed by atoms with Crippen molar-refractivity contribution in [3.8, 4) is 0 Å². The van der Waals surface area contributed by atoms with E-state index < -0.39 is 86.8 Å².